The maximum absolute atomic E-state index is 12.7. The molecular formula is C23H27NO7S. The number of hydrogen-bond donors (Lipinski definition) is 2. The number of aliphatic hydroxyl groups is 1. The number of β-amino-alcohol motifs (C(OH)–C–C–N with tert-alkyl or cyclic N) is 1. The lowest BCUT2D eigenvalue weighted by molar-refractivity contribution is -0.145. The summed E-state index contributed by atoms with van der Waals surface area (Å²) in [4.78, 5) is 24.0. The lowest BCUT2D eigenvalue weighted by atomic mass is 9.88. The first-order valence-electron chi connectivity index (χ1n) is 10.4. The Hall–Kier alpha value is -2.75. The van der Waals surface area contributed by atoms with E-state index in [2.05, 4.69) is 0 Å². The van der Waals surface area contributed by atoms with Gasteiger partial charge in [-0.15, -0.1) is 0 Å². The van der Waals surface area contributed by atoms with Gasteiger partial charge in [0.2, 0.25) is 0 Å². The third-order valence-electron chi connectivity index (χ3n) is 5.53. The first kappa shape index (κ1) is 23.9. The summed E-state index contributed by atoms with van der Waals surface area (Å²) in [6, 6.07) is 15.3. The fourth-order valence-electron chi connectivity index (χ4n) is 3.78. The van der Waals surface area contributed by atoms with Crippen LogP contribution in [0.4, 0.5) is 0 Å². The first-order chi connectivity index (χ1) is 15.2. The molecule has 2 N–H and O–H groups in total. The van der Waals surface area contributed by atoms with Crippen LogP contribution >= 0.6 is 0 Å². The highest BCUT2D eigenvalue weighted by Crippen LogP contribution is 2.23. The fourth-order valence-corrected chi connectivity index (χ4v) is 5.06. The van der Waals surface area contributed by atoms with Gasteiger partial charge in [0.1, 0.15) is 12.2 Å². The molecule has 1 aliphatic rings. The van der Waals surface area contributed by atoms with Crippen molar-refractivity contribution in [2.75, 3.05) is 25.4 Å². The molecule has 172 valence electrons. The van der Waals surface area contributed by atoms with Gasteiger partial charge < -0.3 is 14.9 Å². The molecule has 0 aromatic heterocycles. The Kier molecular flexibility index (Phi) is 8.00. The number of carboxylic acids is 1. The average molecular weight is 462 g/mol. The van der Waals surface area contributed by atoms with Gasteiger partial charge in [-0.3, -0.25) is 14.5 Å². The van der Waals surface area contributed by atoms with Gasteiger partial charge in [-0.05, 0) is 55.1 Å². The van der Waals surface area contributed by atoms with Crippen molar-refractivity contribution < 1.29 is 33.0 Å². The van der Waals surface area contributed by atoms with Crippen molar-refractivity contribution in [1.29, 1.82) is 0 Å². The molecule has 1 heterocycles. The summed E-state index contributed by atoms with van der Waals surface area (Å²) in [5.41, 5.74) is 1.18. The van der Waals surface area contributed by atoms with Crippen LogP contribution < -0.4 is 4.74 Å². The largest absolute Gasteiger partial charge is 0.481 e. The van der Waals surface area contributed by atoms with Gasteiger partial charge in [-0.2, -0.15) is 0 Å². The number of carboxylic acid groups (broad SMARTS) is 1. The number of nitrogens with zero attached hydrogens (tertiary/aromatic N) is 1. The molecule has 2 unspecified atom stereocenters. The molecule has 0 bridgehead atoms. The van der Waals surface area contributed by atoms with Crippen LogP contribution in [0.2, 0.25) is 0 Å². The van der Waals surface area contributed by atoms with E-state index < -0.39 is 34.3 Å². The van der Waals surface area contributed by atoms with Crippen LogP contribution in [-0.2, 0) is 25.8 Å². The molecule has 2 aromatic carbocycles. The Morgan fingerprint density at radius 2 is 1.75 bits per heavy atom. The van der Waals surface area contributed by atoms with E-state index in [-0.39, 0.29) is 22.3 Å². The molecule has 0 radical (unpaired) electrons. The lowest BCUT2D eigenvalue weighted by Gasteiger charge is -2.36. The minimum atomic E-state index is -3.56. The molecule has 8 nitrogen and oxygen atoms in total. The number of benzene rings is 2. The maximum Gasteiger partial charge on any atom is 0.322 e. The summed E-state index contributed by atoms with van der Waals surface area (Å²) in [5, 5.41) is 19.1. The van der Waals surface area contributed by atoms with E-state index in [0.717, 1.165) is 19.4 Å². The smallest absolute Gasteiger partial charge is 0.322 e. The number of rotatable bonds is 9. The Labute approximate surface area is 187 Å². The molecule has 0 aliphatic carbocycles. The van der Waals surface area contributed by atoms with E-state index in [1.807, 2.05) is 35.2 Å². The van der Waals surface area contributed by atoms with Gasteiger partial charge >= 0.3 is 11.9 Å². The topological polar surface area (TPSA) is 121 Å². The fraction of sp³-hybridized carbons (Fsp3) is 0.391. The van der Waals surface area contributed by atoms with E-state index in [0.29, 0.717) is 13.1 Å². The SMILES string of the molecule is O=C(O)CC(=O)Oc1ccc(S(=O)(=O)CCN2CCC(Cc3ccccc3)C(O)C2)cc1. The number of aliphatic hydroxyl groups excluding tert-OH is 1. The first-order valence-corrected chi connectivity index (χ1v) is 12.1. The van der Waals surface area contributed by atoms with Crippen LogP contribution in [0.3, 0.4) is 0 Å². The van der Waals surface area contributed by atoms with E-state index in [9.17, 15) is 23.1 Å². The van der Waals surface area contributed by atoms with Crippen molar-refractivity contribution in [3.8, 4) is 5.75 Å². The van der Waals surface area contributed by atoms with Gasteiger partial charge in [-0.1, -0.05) is 30.3 Å². The zero-order chi connectivity index (χ0) is 23.1. The zero-order valence-electron chi connectivity index (χ0n) is 17.6. The number of ether oxygens (including phenoxy) is 1. The number of esters is 1. The molecule has 1 saturated heterocycles. The monoisotopic (exact) mass is 461 g/mol. The summed E-state index contributed by atoms with van der Waals surface area (Å²) < 4.78 is 30.2. The third kappa shape index (κ3) is 6.88. The van der Waals surface area contributed by atoms with Crippen LogP contribution in [-0.4, -0.2) is 67.0 Å². The van der Waals surface area contributed by atoms with Crippen molar-refractivity contribution >= 4 is 21.8 Å². The average Bonchev–Trinajstić information content (AvgIpc) is 2.74. The molecule has 1 fully saturated rings. The highest BCUT2D eigenvalue weighted by molar-refractivity contribution is 7.91. The van der Waals surface area contributed by atoms with Crippen molar-refractivity contribution in [2.45, 2.75) is 30.3 Å². The Bertz CT molecular complexity index is 1020. The minimum Gasteiger partial charge on any atom is -0.481 e. The van der Waals surface area contributed by atoms with Gasteiger partial charge in [0.25, 0.3) is 0 Å². The molecule has 2 atom stereocenters. The molecule has 0 amide bonds. The summed E-state index contributed by atoms with van der Waals surface area (Å²) in [7, 11) is -3.56. The van der Waals surface area contributed by atoms with Crippen LogP contribution in [0.5, 0.6) is 5.75 Å². The molecular weight excluding hydrogens is 434 g/mol. The van der Waals surface area contributed by atoms with Crippen LogP contribution in [0, 0.1) is 5.92 Å². The predicted molar refractivity (Wildman–Crippen MR) is 117 cm³/mol. The van der Waals surface area contributed by atoms with E-state index in [4.69, 9.17) is 9.84 Å². The van der Waals surface area contributed by atoms with Gasteiger partial charge in [-0.25, -0.2) is 8.42 Å². The second kappa shape index (κ2) is 10.7. The van der Waals surface area contributed by atoms with E-state index in [1.165, 1.54) is 29.8 Å². The van der Waals surface area contributed by atoms with Gasteiger partial charge in [0, 0.05) is 13.1 Å². The third-order valence-corrected chi connectivity index (χ3v) is 7.24. The highest BCUT2D eigenvalue weighted by Gasteiger charge is 2.28. The number of carbonyl (C=O) groups is 2. The Morgan fingerprint density at radius 3 is 2.38 bits per heavy atom. The zero-order valence-corrected chi connectivity index (χ0v) is 18.4. The van der Waals surface area contributed by atoms with Crippen molar-refractivity contribution in [2.24, 2.45) is 5.92 Å². The quantitative estimate of drug-likeness (QED) is 0.329. The van der Waals surface area contributed by atoms with Gasteiger partial charge in [0.15, 0.2) is 9.84 Å². The summed E-state index contributed by atoms with van der Waals surface area (Å²) >= 11 is 0. The van der Waals surface area contributed by atoms with Gasteiger partial charge in [0.05, 0.1) is 16.8 Å². The number of likely N-dealkylation sites (tertiary alicyclic amines) is 1. The molecule has 0 saturated carbocycles. The van der Waals surface area contributed by atoms with Crippen molar-refractivity contribution in [1.82, 2.24) is 4.90 Å². The number of carbonyl (C=O) groups excluding carboxylic acids is 1. The summed E-state index contributed by atoms with van der Waals surface area (Å²) in [5.74, 6) is -2.09. The normalized spacial score (nSPS) is 19.4. The van der Waals surface area contributed by atoms with E-state index >= 15 is 0 Å². The Morgan fingerprint density at radius 1 is 1.06 bits per heavy atom. The molecule has 1 aliphatic heterocycles. The summed E-state index contributed by atoms with van der Waals surface area (Å²) in [6.45, 7) is 1.47. The lowest BCUT2D eigenvalue weighted by Crippen LogP contribution is -2.46. The second-order valence-electron chi connectivity index (χ2n) is 7.94. The molecule has 32 heavy (non-hydrogen) atoms. The Balaban J connectivity index is 1.49. The van der Waals surface area contributed by atoms with E-state index in [1.54, 1.807) is 0 Å². The van der Waals surface area contributed by atoms with Crippen molar-refractivity contribution in [3.05, 3.63) is 60.2 Å². The number of sulfone groups is 1. The number of hydrogen-bond acceptors (Lipinski definition) is 7. The number of piperidine rings is 1. The molecule has 2 aromatic rings. The predicted octanol–water partition coefficient (Wildman–Crippen LogP) is 1.77. The molecule has 3 rings (SSSR count). The summed E-state index contributed by atoms with van der Waals surface area (Å²) in [6.07, 6.45) is 0.323. The molecule has 0 spiro atoms. The van der Waals surface area contributed by atoms with Crippen molar-refractivity contribution in [3.63, 3.8) is 0 Å². The highest BCUT2D eigenvalue weighted by atomic mass is 32.2. The second-order valence-corrected chi connectivity index (χ2v) is 10.1. The minimum absolute atomic E-state index is 0.0822. The number of aliphatic carboxylic acids is 1. The standard InChI is InChI=1S/C23H27NO7S/c25-21-16-24(11-10-18(21)14-17-4-2-1-3-5-17)12-13-32(29,30)20-8-6-19(7-9-20)31-23(28)15-22(26)27/h1-9,18,21,25H,10-16H2,(H,26,27). The van der Waals surface area contributed by atoms with Crippen LogP contribution in [0.1, 0.15) is 18.4 Å². The maximum atomic E-state index is 12.7. The van der Waals surface area contributed by atoms with Crippen LogP contribution in [0.15, 0.2) is 59.5 Å². The van der Waals surface area contributed by atoms with Crippen LogP contribution in [0.25, 0.3) is 0 Å². The molecule has 9 heteroatoms.